The van der Waals surface area contributed by atoms with E-state index in [1.165, 1.54) is 18.2 Å². The molecule has 0 aliphatic heterocycles. The Labute approximate surface area is 171 Å². The van der Waals surface area contributed by atoms with Crippen molar-refractivity contribution >= 4 is 28.9 Å². The van der Waals surface area contributed by atoms with Crippen LogP contribution in [0.1, 0.15) is 32.9 Å². The van der Waals surface area contributed by atoms with Crippen molar-refractivity contribution in [2.75, 3.05) is 5.32 Å². The Hall–Kier alpha value is -3.39. The van der Waals surface area contributed by atoms with Crippen LogP contribution >= 0.6 is 11.6 Å². The minimum Gasteiger partial charge on any atom is -0.457 e. The number of ether oxygens (including phenoxy) is 1. The predicted molar refractivity (Wildman–Crippen MR) is 107 cm³/mol. The second-order valence-electron chi connectivity index (χ2n) is 6.31. The molecule has 1 aromatic heterocycles. The van der Waals surface area contributed by atoms with Crippen molar-refractivity contribution in [1.82, 2.24) is 5.16 Å². The number of esters is 1. The monoisotopic (exact) mass is 415 g/mol. The maximum absolute atomic E-state index is 12.7. The number of non-ortho nitro benzene ring substituents is 1. The van der Waals surface area contributed by atoms with Gasteiger partial charge in [-0.25, -0.2) is 4.79 Å². The lowest BCUT2D eigenvalue weighted by atomic mass is 10.1. The topological polar surface area (TPSA) is 108 Å². The summed E-state index contributed by atoms with van der Waals surface area (Å²) in [5, 5.41) is 18.6. The zero-order chi connectivity index (χ0) is 21.0. The van der Waals surface area contributed by atoms with Crippen LogP contribution < -0.4 is 5.32 Å². The summed E-state index contributed by atoms with van der Waals surface area (Å²) in [6.07, 6.45) is 0. The highest BCUT2D eigenvalue weighted by atomic mass is 35.5. The Kier molecular flexibility index (Phi) is 6.13. The molecule has 29 heavy (non-hydrogen) atoms. The van der Waals surface area contributed by atoms with Crippen molar-refractivity contribution in [3.63, 3.8) is 0 Å². The Balaban J connectivity index is 1.82. The number of nitro groups is 1. The van der Waals surface area contributed by atoms with Crippen LogP contribution in [-0.4, -0.2) is 16.0 Å². The number of nitrogens with zero attached hydrogens (tertiary/aromatic N) is 2. The summed E-state index contributed by atoms with van der Waals surface area (Å²) in [5.41, 5.74) is 2.35. The van der Waals surface area contributed by atoms with E-state index in [0.717, 1.165) is 5.56 Å². The van der Waals surface area contributed by atoms with Gasteiger partial charge in [-0.15, -0.1) is 0 Å². The van der Waals surface area contributed by atoms with Gasteiger partial charge in [0.2, 0.25) is 0 Å². The van der Waals surface area contributed by atoms with Gasteiger partial charge in [0.25, 0.3) is 5.69 Å². The summed E-state index contributed by atoms with van der Waals surface area (Å²) in [4.78, 5) is 23.2. The quantitative estimate of drug-likeness (QED) is 0.334. The number of carbonyl (C=O) groups is 1. The maximum Gasteiger partial charge on any atom is 0.340 e. The Bertz CT molecular complexity index is 1040. The molecule has 0 saturated heterocycles. The molecule has 0 aliphatic rings. The SMILES string of the molecule is Cc1noc(C)c1COC(=O)c1cc([N+](=O)[O-])ccc1NCc1ccccc1Cl. The van der Waals surface area contributed by atoms with Crippen molar-refractivity contribution in [3.8, 4) is 0 Å². The number of halogens is 1. The standard InChI is InChI=1S/C20H18ClN3O5/c1-12-17(13(2)29-23-12)11-28-20(25)16-9-15(24(26)27)7-8-19(16)22-10-14-5-3-4-6-18(14)21/h3-9,22H,10-11H2,1-2H3. The third-order valence-corrected chi connectivity index (χ3v) is 4.76. The molecular formula is C20H18ClN3O5. The molecule has 1 N–H and O–H groups in total. The number of aryl methyl sites for hydroxylation is 2. The zero-order valence-electron chi connectivity index (χ0n) is 15.8. The molecule has 3 rings (SSSR count). The highest BCUT2D eigenvalue weighted by molar-refractivity contribution is 6.31. The average Bonchev–Trinajstić information content (AvgIpc) is 3.03. The zero-order valence-corrected chi connectivity index (χ0v) is 16.5. The average molecular weight is 416 g/mol. The fraction of sp³-hybridized carbons (Fsp3) is 0.200. The first kappa shape index (κ1) is 20.3. The lowest BCUT2D eigenvalue weighted by molar-refractivity contribution is -0.384. The number of carbonyl (C=O) groups excluding carboxylic acids is 1. The van der Waals surface area contributed by atoms with Gasteiger partial charge >= 0.3 is 5.97 Å². The first-order chi connectivity index (χ1) is 13.9. The first-order valence-electron chi connectivity index (χ1n) is 8.71. The van der Waals surface area contributed by atoms with Gasteiger partial charge in [-0.2, -0.15) is 0 Å². The van der Waals surface area contributed by atoms with E-state index >= 15 is 0 Å². The molecule has 1 heterocycles. The van der Waals surface area contributed by atoms with Crippen molar-refractivity contribution < 1.29 is 19.0 Å². The number of aromatic nitrogens is 1. The van der Waals surface area contributed by atoms with Gasteiger partial charge in [0.05, 0.1) is 21.7 Å². The third-order valence-electron chi connectivity index (χ3n) is 4.39. The predicted octanol–water partition coefficient (Wildman–Crippen LogP) is 4.82. The molecule has 0 bridgehead atoms. The van der Waals surface area contributed by atoms with E-state index < -0.39 is 10.9 Å². The third kappa shape index (κ3) is 4.72. The van der Waals surface area contributed by atoms with Crippen molar-refractivity contribution in [1.29, 1.82) is 0 Å². The summed E-state index contributed by atoms with van der Waals surface area (Å²) < 4.78 is 10.4. The molecule has 150 valence electrons. The summed E-state index contributed by atoms with van der Waals surface area (Å²) in [6, 6.07) is 11.2. The Morgan fingerprint density at radius 2 is 2.03 bits per heavy atom. The van der Waals surface area contributed by atoms with Crippen LogP contribution in [0.5, 0.6) is 0 Å². The lowest BCUT2D eigenvalue weighted by Crippen LogP contribution is -2.11. The van der Waals surface area contributed by atoms with Crippen LogP contribution in [0.25, 0.3) is 0 Å². The molecule has 0 fully saturated rings. The molecule has 8 nitrogen and oxygen atoms in total. The highest BCUT2D eigenvalue weighted by Gasteiger charge is 2.20. The van der Waals surface area contributed by atoms with Gasteiger partial charge in [-0.05, 0) is 31.5 Å². The van der Waals surface area contributed by atoms with Crippen LogP contribution in [0.15, 0.2) is 47.0 Å². The Morgan fingerprint density at radius 1 is 1.28 bits per heavy atom. The van der Waals surface area contributed by atoms with Crippen LogP contribution in [0.3, 0.4) is 0 Å². The van der Waals surface area contributed by atoms with Gasteiger partial charge in [0.15, 0.2) is 0 Å². The van der Waals surface area contributed by atoms with Gasteiger partial charge in [-0.1, -0.05) is 35.0 Å². The van der Waals surface area contributed by atoms with Crippen molar-refractivity contribution in [3.05, 3.63) is 85.7 Å². The first-order valence-corrected chi connectivity index (χ1v) is 9.09. The van der Waals surface area contributed by atoms with E-state index in [-0.39, 0.29) is 17.9 Å². The molecule has 2 aromatic carbocycles. The normalized spacial score (nSPS) is 10.6. The molecule has 0 spiro atoms. The number of rotatable bonds is 7. The molecular weight excluding hydrogens is 398 g/mol. The molecule has 0 unspecified atom stereocenters. The minimum absolute atomic E-state index is 0.0490. The van der Waals surface area contributed by atoms with E-state index in [2.05, 4.69) is 10.5 Å². The second kappa shape index (κ2) is 8.74. The number of nitrogens with one attached hydrogen (secondary N) is 1. The molecule has 0 amide bonds. The summed E-state index contributed by atoms with van der Waals surface area (Å²) in [6.45, 7) is 3.74. The Morgan fingerprint density at radius 3 is 2.69 bits per heavy atom. The maximum atomic E-state index is 12.7. The van der Waals surface area contributed by atoms with Crippen LogP contribution in [-0.2, 0) is 17.9 Å². The minimum atomic E-state index is -0.699. The fourth-order valence-corrected chi connectivity index (χ4v) is 2.93. The summed E-state index contributed by atoms with van der Waals surface area (Å²) >= 11 is 6.16. The van der Waals surface area contributed by atoms with E-state index in [4.69, 9.17) is 20.9 Å². The second-order valence-corrected chi connectivity index (χ2v) is 6.72. The lowest BCUT2D eigenvalue weighted by Gasteiger charge is -2.13. The highest BCUT2D eigenvalue weighted by Crippen LogP contribution is 2.25. The van der Waals surface area contributed by atoms with Gasteiger partial charge in [0.1, 0.15) is 12.4 Å². The largest absolute Gasteiger partial charge is 0.457 e. The molecule has 0 saturated carbocycles. The molecule has 9 heteroatoms. The molecule has 0 radical (unpaired) electrons. The van der Waals surface area contributed by atoms with Crippen LogP contribution in [0, 0.1) is 24.0 Å². The van der Waals surface area contributed by atoms with E-state index in [0.29, 0.717) is 34.3 Å². The number of hydrogen-bond donors (Lipinski definition) is 1. The molecule has 0 aliphatic carbocycles. The number of nitro benzene ring substituents is 1. The van der Waals surface area contributed by atoms with Crippen molar-refractivity contribution in [2.45, 2.75) is 27.0 Å². The fourth-order valence-electron chi connectivity index (χ4n) is 2.72. The van der Waals surface area contributed by atoms with E-state index in [1.54, 1.807) is 19.9 Å². The van der Waals surface area contributed by atoms with Crippen molar-refractivity contribution in [2.24, 2.45) is 0 Å². The molecule has 0 atom stereocenters. The van der Waals surface area contributed by atoms with E-state index in [1.807, 2.05) is 18.2 Å². The van der Waals surface area contributed by atoms with Crippen LogP contribution in [0.4, 0.5) is 11.4 Å². The van der Waals surface area contributed by atoms with Crippen LogP contribution in [0.2, 0.25) is 5.02 Å². The number of hydrogen-bond acceptors (Lipinski definition) is 7. The number of anilines is 1. The summed E-state index contributed by atoms with van der Waals surface area (Å²) in [7, 11) is 0. The smallest absolute Gasteiger partial charge is 0.340 e. The summed E-state index contributed by atoms with van der Waals surface area (Å²) in [5.74, 6) is -0.151. The van der Waals surface area contributed by atoms with Gasteiger partial charge in [-0.3, -0.25) is 10.1 Å². The van der Waals surface area contributed by atoms with Gasteiger partial charge in [0, 0.05) is 29.4 Å². The molecule has 3 aromatic rings. The number of benzene rings is 2. The van der Waals surface area contributed by atoms with Gasteiger partial charge < -0.3 is 14.6 Å². The van der Waals surface area contributed by atoms with E-state index in [9.17, 15) is 14.9 Å².